The number of rotatable bonds is 8. The van der Waals surface area contributed by atoms with Gasteiger partial charge in [0.2, 0.25) is 0 Å². The lowest BCUT2D eigenvalue weighted by Gasteiger charge is -2.28. The van der Waals surface area contributed by atoms with Crippen LogP contribution in [0.1, 0.15) is 40.5 Å². The van der Waals surface area contributed by atoms with Crippen LogP contribution in [0.2, 0.25) is 0 Å². The smallest absolute Gasteiger partial charge is 0.0729 e. The Kier molecular flexibility index (Phi) is 13.4. The van der Waals surface area contributed by atoms with Crippen molar-refractivity contribution in [3.63, 3.8) is 0 Å². The van der Waals surface area contributed by atoms with Crippen molar-refractivity contribution >= 4 is 17.7 Å². The SMILES string of the molecule is C=CCNC(C)(C)CC(O)CNC=S.CCC. The molecule has 0 fully saturated rings. The summed E-state index contributed by atoms with van der Waals surface area (Å²) in [5.74, 6) is 0. The largest absolute Gasteiger partial charge is 0.391 e. The first-order chi connectivity index (χ1) is 7.93. The molecule has 0 amide bonds. The Bertz CT molecular complexity index is 196. The normalized spacial score (nSPS) is 12.1. The molecule has 3 N–H and O–H groups in total. The molecule has 0 saturated heterocycles. The molecule has 0 aliphatic carbocycles. The molecule has 17 heavy (non-hydrogen) atoms. The van der Waals surface area contributed by atoms with E-state index >= 15 is 0 Å². The van der Waals surface area contributed by atoms with E-state index in [0.717, 1.165) is 6.54 Å². The summed E-state index contributed by atoms with van der Waals surface area (Å²) in [6.07, 6.45) is 3.35. The average Bonchev–Trinajstić information content (AvgIpc) is 2.24. The first-order valence-corrected chi connectivity index (χ1v) is 6.61. The molecule has 102 valence electrons. The van der Waals surface area contributed by atoms with Crippen LogP contribution in [0.4, 0.5) is 0 Å². The van der Waals surface area contributed by atoms with Gasteiger partial charge in [0.25, 0.3) is 0 Å². The van der Waals surface area contributed by atoms with Crippen molar-refractivity contribution in [1.29, 1.82) is 0 Å². The van der Waals surface area contributed by atoms with Crippen molar-refractivity contribution in [3.8, 4) is 0 Å². The molecule has 0 saturated carbocycles. The Hall–Kier alpha value is -0.450. The highest BCUT2D eigenvalue weighted by Crippen LogP contribution is 2.10. The molecular formula is C13H28N2OS. The molecule has 1 atom stereocenters. The van der Waals surface area contributed by atoms with E-state index in [0.29, 0.717) is 13.0 Å². The summed E-state index contributed by atoms with van der Waals surface area (Å²) < 4.78 is 0. The maximum absolute atomic E-state index is 9.62. The molecule has 0 bridgehead atoms. The minimum atomic E-state index is -0.387. The van der Waals surface area contributed by atoms with Gasteiger partial charge >= 0.3 is 0 Å². The second kappa shape index (κ2) is 12.0. The summed E-state index contributed by atoms with van der Waals surface area (Å²) in [5, 5.41) is 15.7. The van der Waals surface area contributed by atoms with Crippen LogP contribution in [0.25, 0.3) is 0 Å². The molecule has 0 rings (SSSR count). The van der Waals surface area contributed by atoms with E-state index in [1.54, 1.807) is 0 Å². The molecule has 0 aromatic heterocycles. The van der Waals surface area contributed by atoms with E-state index in [2.05, 4.69) is 57.1 Å². The van der Waals surface area contributed by atoms with Crippen molar-refractivity contribution in [3.05, 3.63) is 12.7 Å². The number of aliphatic hydroxyl groups is 1. The van der Waals surface area contributed by atoms with Gasteiger partial charge in [0.15, 0.2) is 0 Å². The van der Waals surface area contributed by atoms with E-state index in [-0.39, 0.29) is 11.6 Å². The molecular weight excluding hydrogens is 232 g/mol. The molecule has 0 aliphatic heterocycles. The predicted octanol–water partition coefficient (Wildman–Crippen LogP) is 2.25. The molecule has 0 aromatic carbocycles. The highest BCUT2D eigenvalue weighted by atomic mass is 32.1. The van der Waals surface area contributed by atoms with Gasteiger partial charge < -0.3 is 15.7 Å². The van der Waals surface area contributed by atoms with Gasteiger partial charge in [-0.25, -0.2) is 0 Å². The summed E-state index contributed by atoms with van der Waals surface area (Å²) in [6.45, 7) is 13.2. The van der Waals surface area contributed by atoms with E-state index < -0.39 is 0 Å². The van der Waals surface area contributed by atoms with Crippen LogP contribution in [0.15, 0.2) is 12.7 Å². The second-order valence-corrected chi connectivity index (χ2v) is 4.88. The summed E-state index contributed by atoms with van der Waals surface area (Å²) in [5.41, 5.74) is 1.34. The minimum Gasteiger partial charge on any atom is -0.391 e. The van der Waals surface area contributed by atoms with Crippen LogP contribution in [-0.4, -0.2) is 35.3 Å². The topological polar surface area (TPSA) is 44.3 Å². The molecule has 0 spiro atoms. The van der Waals surface area contributed by atoms with Gasteiger partial charge in [-0.2, -0.15) is 0 Å². The fourth-order valence-electron chi connectivity index (χ4n) is 1.27. The Labute approximate surface area is 112 Å². The number of nitrogens with one attached hydrogen (secondary N) is 2. The Balaban J connectivity index is 0. The zero-order chi connectivity index (χ0) is 13.7. The van der Waals surface area contributed by atoms with Crippen LogP contribution in [-0.2, 0) is 0 Å². The van der Waals surface area contributed by atoms with E-state index in [4.69, 9.17) is 0 Å². The van der Waals surface area contributed by atoms with E-state index in [9.17, 15) is 5.11 Å². The van der Waals surface area contributed by atoms with Crippen molar-refractivity contribution in [2.24, 2.45) is 0 Å². The van der Waals surface area contributed by atoms with Gasteiger partial charge in [0, 0.05) is 18.6 Å². The average molecular weight is 260 g/mol. The van der Waals surface area contributed by atoms with E-state index in [1.165, 1.54) is 11.9 Å². The maximum Gasteiger partial charge on any atom is 0.0729 e. The van der Waals surface area contributed by atoms with Gasteiger partial charge in [-0.3, -0.25) is 0 Å². The first kappa shape index (κ1) is 18.9. The molecule has 0 heterocycles. The number of hydrogen-bond donors (Lipinski definition) is 3. The Morgan fingerprint density at radius 3 is 2.35 bits per heavy atom. The third-order valence-electron chi connectivity index (χ3n) is 1.91. The van der Waals surface area contributed by atoms with Gasteiger partial charge in [-0.05, 0) is 20.3 Å². The minimum absolute atomic E-state index is 0.0866. The standard InChI is InChI=1S/C10H20N2OS.C3H8/c1-4-5-12-10(2,3)6-9(13)7-11-8-14;1-3-2/h4,8-9,12-13H,1,5-7H2,2-3H3,(H,11,14);3H2,1-2H3. The summed E-state index contributed by atoms with van der Waals surface area (Å²) in [6, 6.07) is 0. The highest BCUT2D eigenvalue weighted by molar-refractivity contribution is 7.78. The van der Waals surface area contributed by atoms with Crippen molar-refractivity contribution in [2.75, 3.05) is 13.1 Å². The Morgan fingerprint density at radius 2 is 1.94 bits per heavy atom. The van der Waals surface area contributed by atoms with Crippen molar-refractivity contribution < 1.29 is 5.11 Å². The number of thiocarbonyl (C=S) groups is 1. The summed E-state index contributed by atoms with van der Waals surface area (Å²) >= 11 is 4.61. The molecule has 1 unspecified atom stereocenters. The zero-order valence-corrected chi connectivity index (χ0v) is 12.4. The van der Waals surface area contributed by atoms with Crippen LogP contribution in [0.5, 0.6) is 0 Å². The van der Waals surface area contributed by atoms with Crippen LogP contribution < -0.4 is 10.6 Å². The lowest BCUT2D eigenvalue weighted by atomic mass is 9.96. The number of aliphatic hydroxyl groups excluding tert-OH is 1. The fraction of sp³-hybridized carbons (Fsp3) is 0.769. The van der Waals surface area contributed by atoms with Gasteiger partial charge in [-0.15, -0.1) is 6.58 Å². The molecule has 4 heteroatoms. The number of hydrogen-bond acceptors (Lipinski definition) is 3. The highest BCUT2D eigenvalue weighted by Gasteiger charge is 2.20. The second-order valence-electron chi connectivity index (χ2n) is 4.64. The Morgan fingerprint density at radius 1 is 1.41 bits per heavy atom. The summed E-state index contributed by atoms with van der Waals surface area (Å²) in [7, 11) is 0. The lowest BCUT2D eigenvalue weighted by Crippen LogP contribution is -2.44. The molecule has 3 nitrogen and oxygen atoms in total. The van der Waals surface area contributed by atoms with Crippen molar-refractivity contribution in [2.45, 2.75) is 52.2 Å². The lowest BCUT2D eigenvalue weighted by molar-refractivity contribution is 0.133. The van der Waals surface area contributed by atoms with Crippen LogP contribution in [0, 0.1) is 0 Å². The third-order valence-corrected chi connectivity index (χ3v) is 2.07. The van der Waals surface area contributed by atoms with Crippen LogP contribution >= 0.6 is 12.2 Å². The quantitative estimate of drug-likeness (QED) is 0.463. The van der Waals surface area contributed by atoms with E-state index in [1.807, 2.05) is 6.08 Å². The first-order valence-electron chi connectivity index (χ1n) is 6.14. The van der Waals surface area contributed by atoms with Gasteiger partial charge in [-0.1, -0.05) is 38.6 Å². The molecule has 0 aliphatic rings. The summed E-state index contributed by atoms with van der Waals surface area (Å²) in [4.78, 5) is 0. The van der Waals surface area contributed by atoms with Gasteiger partial charge in [0.05, 0.1) is 11.6 Å². The zero-order valence-electron chi connectivity index (χ0n) is 11.6. The van der Waals surface area contributed by atoms with Crippen molar-refractivity contribution in [1.82, 2.24) is 10.6 Å². The monoisotopic (exact) mass is 260 g/mol. The fourth-order valence-corrected chi connectivity index (χ4v) is 1.36. The molecule has 0 radical (unpaired) electrons. The third kappa shape index (κ3) is 15.5. The van der Waals surface area contributed by atoms with Crippen LogP contribution in [0.3, 0.4) is 0 Å². The van der Waals surface area contributed by atoms with Gasteiger partial charge in [0.1, 0.15) is 0 Å². The molecule has 0 aromatic rings. The predicted molar refractivity (Wildman–Crippen MR) is 80.5 cm³/mol. The maximum atomic E-state index is 9.62.